The van der Waals surface area contributed by atoms with Gasteiger partial charge in [-0.05, 0) is 24.6 Å². The summed E-state index contributed by atoms with van der Waals surface area (Å²) >= 11 is 1.39. The summed E-state index contributed by atoms with van der Waals surface area (Å²) in [6, 6.07) is 6.18. The van der Waals surface area contributed by atoms with E-state index in [1.807, 2.05) is 13.8 Å². The minimum absolute atomic E-state index is 0.221. The van der Waals surface area contributed by atoms with E-state index in [2.05, 4.69) is 16.0 Å². The number of H-pyrrole nitrogens is 1. The van der Waals surface area contributed by atoms with E-state index in [1.54, 1.807) is 13.0 Å². The van der Waals surface area contributed by atoms with Crippen molar-refractivity contribution in [3.05, 3.63) is 51.2 Å². The molecule has 1 heterocycles. The third-order valence-electron chi connectivity index (χ3n) is 3.38. The van der Waals surface area contributed by atoms with Crippen LogP contribution in [0.5, 0.6) is 5.75 Å². The number of methoxy groups -OCH3 is 1. The predicted molar refractivity (Wildman–Crippen MR) is 91.0 cm³/mol. The summed E-state index contributed by atoms with van der Waals surface area (Å²) in [6.07, 6.45) is 0. The molecular weight excluding hydrogens is 329 g/mol. The lowest BCUT2D eigenvalue weighted by atomic mass is 9.94. The van der Waals surface area contributed by atoms with Crippen LogP contribution in [-0.2, 0) is 0 Å². The number of ether oxygens (including phenoxy) is 1. The Hall–Kier alpha value is -2.33. The number of nitrogens with one attached hydrogen (secondary N) is 1. The molecule has 0 spiro atoms. The van der Waals surface area contributed by atoms with E-state index in [9.17, 15) is 14.4 Å². The Bertz CT molecular complexity index is 843. The van der Waals surface area contributed by atoms with E-state index >= 15 is 0 Å². The van der Waals surface area contributed by atoms with Gasteiger partial charge in [0.2, 0.25) is 0 Å². The molecule has 0 fully saturated rings. The van der Waals surface area contributed by atoms with Gasteiger partial charge in [-0.3, -0.25) is 4.79 Å². The van der Waals surface area contributed by atoms with Crippen molar-refractivity contribution in [2.75, 3.05) is 7.11 Å². The van der Waals surface area contributed by atoms with Gasteiger partial charge in [0.1, 0.15) is 17.5 Å². The molecule has 24 heavy (non-hydrogen) atoms. The number of thioether (sulfide) groups is 1. The molecule has 1 aromatic carbocycles. The van der Waals surface area contributed by atoms with E-state index in [0.717, 1.165) is 0 Å². The number of aromatic amines is 1. The molecule has 1 aromatic heterocycles. The maximum Gasteiger partial charge on any atom is 0.254 e. The average molecular weight is 347 g/mol. The first-order chi connectivity index (χ1) is 11.3. The lowest BCUT2D eigenvalue weighted by Crippen LogP contribution is -2.18. The summed E-state index contributed by atoms with van der Waals surface area (Å²) in [5, 5.41) is 10.3. The molecule has 0 aliphatic carbocycles. The van der Waals surface area contributed by atoms with E-state index in [1.165, 1.54) is 31.0 Å². The second-order valence-electron chi connectivity index (χ2n) is 5.53. The van der Waals surface area contributed by atoms with Gasteiger partial charge in [0, 0.05) is 16.9 Å². The monoisotopic (exact) mass is 347 g/mol. The number of nitriles is 1. The van der Waals surface area contributed by atoms with Gasteiger partial charge in [0.15, 0.2) is 5.16 Å². The first kappa shape index (κ1) is 18.0. The lowest BCUT2D eigenvalue weighted by molar-refractivity contribution is 0.410. The number of halogens is 1. The number of benzene rings is 1. The molecule has 126 valence electrons. The van der Waals surface area contributed by atoms with Crippen LogP contribution in [0.1, 0.15) is 36.6 Å². The van der Waals surface area contributed by atoms with Crippen molar-refractivity contribution >= 4 is 11.8 Å². The van der Waals surface area contributed by atoms with Crippen molar-refractivity contribution in [3.63, 3.8) is 0 Å². The first-order valence-electron chi connectivity index (χ1n) is 7.37. The molecule has 0 bridgehead atoms. The Balaban J connectivity index is 2.59. The summed E-state index contributed by atoms with van der Waals surface area (Å²) in [7, 11) is 1.42. The van der Waals surface area contributed by atoms with Gasteiger partial charge in [-0.15, -0.1) is 0 Å². The molecule has 1 N–H and O–H groups in total. The fraction of sp³-hybridized carbons (Fsp3) is 0.353. The fourth-order valence-corrected chi connectivity index (χ4v) is 3.00. The fourth-order valence-electron chi connectivity index (χ4n) is 2.25. The van der Waals surface area contributed by atoms with Gasteiger partial charge in [-0.25, -0.2) is 9.37 Å². The Kier molecular flexibility index (Phi) is 5.62. The zero-order valence-electron chi connectivity index (χ0n) is 13.9. The molecule has 2 rings (SSSR count). The van der Waals surface area contributed by atoms with E-state index in [4.69, 9.17) is 4.74 Å². The van der Waals surface area contributed by atoms with Gasteiger partial charge in [-0.2, -0.15) is 5.26 Å². The predicted octanol–water partition coefficient (Wildman–Crippen LogP) is 3.38. The summed E-state index contributed by atoms with van der Waals surface area (Å²) < 4.78 is 18.8. The van der Waals surface area contributed by atoms with Crippen LogP contribution in [0, 0.1) is 24.1 Å². The summed E-state index contributed by atoms with van der Waals surface area (Å²) in [6.45, 7) is 5.55. The van der Waals surface area contributed by atoms with Gasteiger partial charge in [-0.1, -0.05) is 25.6 Å². The van der Waals surface area contributed by atoms with Gasteiger partial charge in [0.25, 0.3) is 5.56 Å². The topological polar surface area (TPSA) is 78.8 Å². The third-order valence-corrected chi connectivity index (χ3v) is 4.27. The molecule has 0 saturated carbocycles. The van der Waals surface area contributed by atoms with Gasteiger partial charge < -0.3 is 9.72 Å². The lowest BCUT2D eigenvalue weighted by Gasteiger charge is -2.14. The van der Waals surface area contributed by atoms with Crippen LogP contribution in [0.4, 0.5) is 4.39 Å². The third kappa shape index (κ3) is 3.95. The van der Waals surface area contributed by atoms with Crippen molar-refractivity contribution in [2.45, 2.75) is 37.1 Å². The summed E-state index contributed by atoms with van der Waals surface area (Å²) in [5.74, 6) is -1.06. The first-order valence-corrected chi connectivity index (χ1v) is 8.25. The molecule has 0 amide bonds. The number of hydrogen-bond donors (Lipinski definition) is 1. The van der Waals surface area contributed by atoms with E-state index < -0.39 is 11.7 Å². The molecule has 1 unspecified atom stereocenters. The normalized spacial score (nSPS) is 12.0. The molecule has 0 aliphatic heterocycles. The SMILES string of the molecule is COc1cc(F)cc(C(C#N)c2nc(SC(C)C)[nH]c(=O)c2C)c1. The Labute approximate surface area is 143 Å². The molecule has 0 aliphatic rings. The zero-order chi connectivity index (χ0) is 17.9. The quantitative estimate of drug-likeness (QED) is 0.662. The van der Waals surface area contributed by atoms with Crippen LogP contribution < -0.4 is 10.3 Å². The summed E-state index contributed by atoms with van der Waals surface area (Å²) in [4.78, 5) is 19.3. The Morgan fingerprint density at radius 3 is 2.67 bits per heavy atom. The molecule has 2 aromatic rings. The number of hydrogen-bond acceptors (Lipinski definition) is 5. The highest BCUT2D eigenvalue weighted by Crippen LogP contribution is 2.29. The number of rotatable bonds is 5. The molecule has 1 atom stereocenters. The highest BCUT2D eigenvalue weighted by Gasteiger charge is 2.22. The van der Waals surface area contributed by atoms with Crippen LogP contribution in [0.2, 0.25) is 0 Å². The molecular formula is C17H18FN3O2S. The second kappa shape index (κ2) is 7.49. The van der Waals surface area contributed by atoms with Crippen molar-refractivity contribution in [2.24, 2.45) is 0 Å². The highest BCUT2D eigenvalue weighted by molar-refractivity contribution is 7.99. The molecule has 0 saturated heterocycles. The highest BCUT2D eigenvalue weighted by atomic mass is 32.2. The number of aromatic nitrogens is 2. The molecule has 0 radical (unpaired) electrons. The van der Waals surface area contributed by atoms with Gasteiger partial charge in [0.05, 0.1) is 18.9 Å². The average Bonchev–Trinajstić information content (AvgIpc) is 2.51. The van der Waals surface area contributed by atoms with E-state index in [-0.39, 0.29) is 10.8 Å². The minimum Gasteiger partial charge on any atom is -0.497 e. The standard InChI is InChI=1S/C17H18FN3O2S/c1-9(2)24-17-20-15(10(3)16(22)21-17)14(8-19)11-5-12(18)7-13(6-11)23-4/h5-7,9,14H,1-4H3,(H,20,21,22). The van der Waals surface area contributed by atoms with Crippen molar-refractivity contribution in [3.8, 4) is 11.8 Å². The summed E-state index contributed by atoms with van der Waals surface area (Å²) in [5.41, 5.74) is 0.776. The Morgan fingerprint density at radius 2 is 2.08 bits per heavy atom. The molecule has 5 nitrogen and oxygen atoms in total. The van der Waals surface area contributed by atoms with Crippen LogP contribution in [0.3, 0.4) is 0 Å². The van der Waals surface area contributed by atoms with Crippen LogP contribution in [0.25, 0.3) is 0 Å². The van der Waals surface area contributed by atoms with Crippen molar-refractivity contribution < 1.29 is 9.13 Å². The van der Waals surface area contributed by atoms with Crippen LogP contribution >= 0.6 is 11.8 Å². The van der Waals surface area contributed by atoms with Crippen LogP contribution in [-0.4, -0.2) is 22.3 Å². The van der Waals surface area contributed by atoms with Gasteiger partial charge >= 0.3 is 0 Å². The minimum atomic E-state index is -0.858. The molecule has 7 heteroatoms. The maximum atomic E-state index is 13.8. The zero-order valence-corrected chi connectivity index (χ0v) is 14.7. The largest absolute Gasteiger partial charge is 0.497 e. The van der Waals surface area contributed by atoms with Crippen molar-refractivity contribution in [1.29, 1.82) is 5.26 Å². The Morgan fingerprint density at radius 1 is 1.38 bits per heavy atom. The van der Waals surface area contributed by atoms with E-state index in [0.29, 0.717) is 27.7 Å². The second-order valence-corrected chi connectivity index (χ2v) is 7.10. The number of nitrogens with zero attached hydrogens (tertiary/aromatic N) is 2. The smallest absolute Gasteiger partial charge is 0.254 e. The van der Waals surface area contributed by atoms with Crippen molar-refractivity contribution in [1.82, 2.24) is 9.97 Å². The maximum absolute atomic E-state index is 13.8. The van der Waals surface area contributed by atoms with Crippen LogP contribution in [0.15, 0.2) is 28.2 Å².